The Morgan fingerprint density at radius 1 is 0.553 bits per heavy atom. The predicted molar refractivity (Wildman–Crippen MR) is 314 cm³/mol. The van der Waals surface area contributed by atoms with E-state index in [1.165, 1.54) is 60.7 Å². The van der Waals surface area contributed by atoms with Crippen LogP contribution in [0.25, 0.3) is 83.4 Å². The van der Waals surface area contributed by atoms with Crippen molar-refractivity contribution in [3.8, 4) is 62.1 Å². The summed E-state index contributed by atoms with van der Waals surface area (Å²) in [7, 11) is 0. The van der Waals surface area contributed by atoms with Crippen LogP contribution in [-0.2, 0) is 21.7 Å². The summed E-state index contributed by atoms with van der Waals surface area (Å²) in [6, 6.07) is 2.30. The van der Waals surface area contributed by atoms with Gasteiger partial charge in [-0.25, -0.2) is 4.98 Å². The van der Waals surface area contributed by atoms with Crippen LogP contribution < -0.4 is 9.30 Å². The van der Waals surface area contributed by atoms with Crippen LogP contribution in [0.5, 0.6) is 11.5 Å². The molecule has 13 rings (SSSR count). The van der Waals surface area contributed by atoms with Gasteiger partial charge in [0.05, 0.1) is 52.6 Å². The second-order valence-electron chi connectivity index (χ2n) is 18.0. The Balaban J connectivity index is 1.18. The molecule has 376 valence electrons. The van der Waals surface area contributed by atoms with Crippen molar-refractivity contribution in [2.45, 2.75) is 109 Å². The molecule has 0 saturated carbocycles. The van der Waals surface area contributed by atoms with Crippen LogP contribution in [0.3, 0.4) is 0 Å². The van der Waals surface area contributed by atoms with Crippen molar-refractivity contribution in [2.75, 3.05) is 0 Å². The van der Waals surface area contributed by atoms with Crippen LogP contribution in [0, 0.1) is 13.2 Å². The standard InChI is InChI=1S/C71H66N4O/c1-46-39-66(72-44-57(46)47-19-11-10-12-20-47)75-62-26-14-13-23-55(62)56-32-31-52(43-65(56)75)76-51-22-17-21-50(42-51)73-45-74(64-28-16-15-27-63(64)73)67-53(48-29-33-58-60(40-48)70(6,7)37-35-68(58,2)3)24-18-25-54(67)49-30-34-59-61(41-49)71(8,9)38-36-69(59,4)5/h10-34,39-44H,35-38H2,1-9H3/i1D3,2D3,3D3,4D3,5D3,6D3,7D3,8D3,9D3,10D,11D,12D,18D,19D,20D,24D,25D,29D,30D,33D,34D,35D2,36D2,37D2,38D2,40D,41D. The molecule has 0 radical (unpaired) electrons. The lowest BCUT2D eigenvalue weighted by Gasteiger charge is -2.42. The topological polar surface area (TPSA) is 35.9 Å². The Morgan fingerprint density at radius 3 is 1.84 bits per heavy atom. The first-order valence-electron chi connectivity index (χ1n) is 47.5. The second-order valence-corrected chi connectivity index (χ2v) is 18.0. The number of hydrogen-bond acceptors (Lipinski definition) is 2. The molecule has 76 heavy (non-hydrogen) atoms. The number of fused-ring (bicyclic) bond motifs is 6. The molecule has 8 aromatic carbocycles. The summed E-state index contributed by atoms with van der Waals surface area (Å²) in [5.41, 5.74) is -37.1. The van der Waals surface area contributed by atoms with Gasteiger partial charge in [-0.05, 0) is 152 Å². The Morgan fingerprint density at radius 2 is 1.17 bits per heavy atom. The van der Waals surface area contributed by atoms with E-state index >= 15 is 0 Å². The molecule has 11 aromatic rings. The maximum Gasteiger partial charge on any atom is 0.269 e. The van der Waals surface area contributed by atoms with Crippen LogP contribution in [0.15, 0.2) is 188 Å². The van der Waals surface area contributed by atoms with E-state index in [9.17, 15) is 23.3 Å². The minimum atomic E-state index is -5.02. The molecule has 0 N–H and O–H groups in total. The average molecular weight is 1040 g/mol. The third kappa shape index (κ3) is 7.88. The van der Waals surface area contributed by atoms with Crippen molar-refractivity contribution in [1.29, 1.82) is 0 Å². The number of imidazole rings is 1. The molecular weight excluding hydrogens is 925 g/mol. The lowest BCUT2D eigenvalue weighted by atomic mass is 9.62. The number of nitrogens with zero attached hydrogens (tertiary/aromatic N) is 4. The maximum absolute atomic E-state index is 10.4. The van der Waals surface area contributed by atoms with Crippen LogP contribution in [-0.4, -0.2) is 14.1 Å². The van der Waals surface area contributed by atoms with E-state index in [0.29, 0.717) is 20.9 Å². The summed E-state index contributed by atoms with van der Waals surface area (Å²) < 4.78 is 461. The van der Waals surface area contributed by atoms with Gasteiger partial charge in [0.25, 0.3) is 6.33 Å². The fourth-order valence-electron chi connectivity index (χ4n) is 9.45. The summed E-state index contributed by atoms with van der Waals surface area (Å²) in [5.74, 6) is -0.160. The number of para-hydroxylation sites is 4. The molecular formula is C71H66N4O. The molecule has 3 aromatic heterocycles. The van der Waals surface area contributed by atoms with Crippen molar-refractivity contribution in [3.05, 3.63) is 222 Å². The average Bonchev–Trinajstić information content (AvgIpc) is 1.16. The van der Waals surface area contributed by atoms with Gasteiger partial charge >= 0.3 is 0 Å². The molecule has 3 heterocycles. The van der Waals surface area contributed by atoms with Crippen molar-refractivity contribution in [2.24, 2.45) is 0 Å². The molecule has 0 amide bonds. The lowest BCUT2D eigenvalue weighted by Crippen LogP contribution is -2.34. The summed E-state index contributed by atoms with van der Waals surface area (Å²) in [6.45, 7) is -40.7. The van der Waals surface area contributed by atoms with Crippen molar-refractivity contribution >= 4 is 32.8 Å². The number of benzene rings is 8. The Hall–Kier alpha value is -8.02. The van der Waals surface area contributed by atoms with Gasteiger partial charge in [-0.1, -0.05) is 188 Å². The van der Waals surface area contributed by atoms with Gasteiger partial charge in [-0.3, -0.25) is 13.7 Å². The first-order chi connectivity index (χ1) is 56.7. The number of aryl methyl sites for hydroxylation is 1. The first kappa shape index (κ1) is 18.3. The SMILES string of the molecule is [2H]c1c([2H])c([2H])c(-c2cnc(-n3c4ccccc4c4ccc(Oc5cccc(-n6[c-][n+](-c7c(-c8c([2H])c([2H])c9c(c8[2H])C(C([2H])([2H])[2H])(C([2H])([2H])[2H])C([2H])([2H])C([2H])([2H])C9(C([2H])([2H])[2H])C([2H])([2H])[2H])c([2H])c([2H])c([2H])c7-c7c([2H])c([2H])c8c(c7[2H])C(C([2H])([2H])[2H])(C([2H])([2H])[2H])C([2H])([2H])C([2H])([2H])C8(C([2H])([2H])[2H])C([2H])([2H])[2H])c7ccccc76)c5)cc43)cc2C([2H])([2H])[2H])c([2H])c1[2H]. The van der Waals surface area contributed by atoms with E-state index in [1.54, 1.807) is 34.9 Å². The monoisotopic (exact) mass is 1040 g/mol. The number of ether oxygens (including phenoxy) is 1. The van der Waals surface area contributed by atoms with Gasteiger partial charge in [-0.2, -0.15) is 0 Å². The first-order valence-corrected chi connectivity index (χ1v) is 23.0. The smallest absolute Gasteiger partial charge is 0.269 e. The zero-order chi connectivity index (χ0) is 94.2. The third-order valence-electron chi connectivity index (χ3n) is 13.0. The van der Waals surface area contributed by atoms with E-state index in [1.807, 2.05) is 0 Å². The van der Waals surface area contributed by atoms with E-state index < -0.39 is 260 Å². The van der Waals surface area contributed by atoms with E-state index in [0.717, 1.165) is 16.8 Å². The third-order valence-corrected chi connectivity index (χ3v) is 13.0. The highest BCUT2D eigenvalue weighted by Crippen LogP contribution is 2.50. The summed E-state index contributed by atoms with van der Waals surface area (Å²) in [6.07, 6.45) is -16.0. The molecule has 2 aliphatic rings. The summed E-state index contributed by atoms with van der Waals surface area (Å²) >= 11 is 0. The number of aromatic nitrogens is 4. The van der Waals surface area contributed by atoms with Gasteiger partial charge in [0.15, 0.2) is 0 Å². The molecule has 0 aliphatic heterocycles. The molecule has 5 nitrogen and oxygen atoms in total. The Kier molecular flexibility index (Phi) is 4.23. The number of rotatable bonds is 8. The van der Waals surface area contributed by atoms with Crippen LogP contribution in [0.2, 0.25) is 0 Å². The molecule has 2 aliphatic carbocycles. The minimum absolute atomic E-state index is 0.00503. The highest BCUT2D eigenvalue weighted by atomic mass is 16.5. The minimum Gasteiger partial charge on any atom is -0.458 e. The number of hydrogen-bond donors (Lipinski definition) is 0. The Labute approximate surface area is 517 Å². The number of pyridine rings is 1. The van der Waals surface area contributed by atoms with E-state index in [4.69, 9.17) is 48.6 Å². The largest absolute Gasteiger partial charge is 0.458 e. The highest BCUT2D eigenvalue weighted by molar-refractivity contribution is 6.09. The molecule has 0 fully saturated rings. The van der Waals surface area contributed by atoms with Crippen LogP contribution in [0.4, 0.5) is 0 Å². The molecule has 5 heteroatoms. The summed E-state index contributed by atoms with van der Waals surface area (Å²) in [4.78, 5) is 4.60. The van der Waals surface area contributed by atoms with Crippen molar-refractivity contribution in [3.63, 3.8) is 0 Å². The molecule has 0 saturated heterocycles. The second kappa shape index (κ2) is 17.5. The zero-order valence-corrected chi connectivity index (χ0v) is 39.0. The zero-order valence-electron chi connectivity index (χ0n) is 88.0. The van der Waals surface area contributed by atoms with Crippen LogP contribution in [0.1, 0.15) is 175 Å². The molecule has 0 atom stereocenters. The summed E-state index contributed by atoms with van der Waals surface area (Å²) in [5, 5.41) is 1.09. The van der Waals surface area contributed by atoms with Gasteiger partial charge in [-0.15, -0.1) is 0 Å². The molecule has 0 unspecified atom stereocenters. The fourth-order valence-corrected chi connectivity index (χ4v) is 9.45. The van der Waals surface area contributed by atoms with Gasteiger partial charge in [0.1, 0.15) is 17.3 Å². The van der Waals surface area contributed by atoms with Gasteiger partial charge in [0.2, 0.25) is 0 Å². The van der Waals surface area contributed by atoms with Crippen molar-refractivity contribution in [1.82, 2.24) is 14.1 Å². The fraction of sp³-hybridized carbons (Fsp3) is 0.239. The van der Waals surface area contributed by atoms with Gasteiger partial charge in [0, 0.05) is 76.6 Å². The van der Waals surface area contributed by atoms with E-state index in [2.05, 4.69) is 11.3 Å². The molecule has 0 spiro atoms. The van der Waals surface area contributed by atoms with E-state index in [-0.39, 0.29) is 39.6 Å². The lowest BCUT2D eigenvalue weighted by molar-refractivity contribution is -0.571. The molecule has 0 bridgehead atoms. The predicted octanol–water partition coefficient (Wildman–Crippen LogP) is 18.0. The van der Waals surface area contributed by atoms with Crippen molar-refractivity contribution < 1.29 is 76.5 Å². The maximum atomic E-state index is 10.4. The van der Waals surface area contributed by atoms with Gasteiger partial charge < -0.3 is 4.74 Å². The highest BCUT2D eigenvalue weighted by Gasteiger charge is 2.39. The quantitative estimate of drug-likeness (QED) is 0.112. The Bertz CT molecular complexity index is 6110. The van der Waals surface area contributed by atoms with Crippen LogP contribution >= 0.6 is 0 Å². The normalized spacial score (nSPS) is 29.7.